The van der Waals surface area contributed by atoms with Crippen LogP contribution in [0.3, 0.4) is 0 Å². The lowest BCUT2D eigenvalue weighted by molar-refractivity contribution is 0.0946. The van der Waals surface area contributed by atoms with Gasteiger partial charge in [0.05, 0.1) is 12.2 Å². The Balaban J connectivity index is 2.02. The molecule has 4 heteroatoms. The van der Waals surface area contributed by atoms with Crippen molar-refractivity contribution < 1.29 is 14.3 Å². The summed E-state index contributed by atoms with van der Waals surface area (Å²) in [6.45, 7) is 7.80. The molecule has 4 nitrogen and oxygen atoms in total. The molecule has 2 aromatic rings. The number of carbonyl (C=O) groups excluding carboxylic acids is 1. The van der Waals surface area contributed by atoms with E-state index in [4.69, 9.17) is 9.47 Å². The Labute approximate surface area is 149 Å². The van der Waals surface area contributed by atoms with E-state index in [-0.39, 0.29) is 5.91 Å². The quantitative estimate of drug-likeness (QED) is 0.523. The van der Waals surface area contributed by atoms with Crippen molar-refractivity contribution in [1.29, 1.82) is 0 Å². The van der Waals surface area contributed by atoms with E-state index >= 15 is 0 Å². The van der Waals surface area contributed by atoms with Crippen LogP contribution < -0.4 is 10.1 Å². The Hall–Kier alpha value is -2.59. The molecule has 0 aliphatic rings. The fraction of sp³-hybridized carbons (Fsp3) is 0.286. The molecule has 1 amide bonds. The third kappa shape index (κ3) is 5.76. The number of rotatable bonds is 10. The first-order valence-electron chi connectivity index (χ1n) is 8.51. The molecular weight excluding hydrogens is 314 g/mol. The number of hydrogen-bond acceptors (Lipinski definition) is 3. The zero-order valence-electron chi connectivity index (χ0n) is 14.7. The first kappa shape index (κ1) is 18.7. The van der Waals surface area contributed by atoms with Crippen molar-refractivity contribution in [2.24, 2.45) is 0 Å². The highest BCUT2D eigenvalue weighted by atomic mass is 16.5. The van der Waals surface area contributed by atoms with Crippen LogP contribution in [0.25, 0.3) is 0 Å². The molecule has 2 aromatic carbocycles. The van der Waals surface area contributed by atoms with Crippen molar-refractivity contribution >= 4 is 5.91 Å². The van der Waals surface area contributed by atoms with E-state index in [1.165, 1.54) is 0 Å². The second-order valence-electron chi connectivity index (χ2n) is 5.60. The number of amides is 1. The lowest BCUT2D eigenvalue weighted by atomic mass is 10.1. The Kier molecular flexibility index (Phi) is 7.73. The maximum Gasteiger partial charge on any atom is 0.255 e. The van der Waals surface area contributed by atoms with Crippen molar-refractivity contribution in [2.75, 3.05) is 13.2 Å². The molecule has 0 bridgehead atoms. The number of para-hydroxylation sites is 1. The first-order chi connectivity index (χ1) is 12.3. The normalized spacial score (nSPS) is 10.3. The van der Waals surface area contributed by atoms with Gasteiger partial charge in [-0.15, -0.1) is 0 Å². The molecule has 2 rings (SSSR count). The van der Waals surface area contributed by atoms with Crippen LogP contribution >= 0.6 is 0 Å². The predicted octanol–water partition coefficient (Wildman–Crippen LogP) is 4.11. The van der Waals surface area contributed by atoms with E-state index < -0.39 is 0 Å². The van der Waals surface area contributed by atoms with Crippen LogP contribution in [0.2, 0.25) is 0 Å². The van der Waals surface area contributed by atoms with Crippen molar-refractivity contribution in [3.8, 4) is 5.75 Å². The topological polar surface area (TPSA) is 47.6 Å². The van der Waals surface area contributed by atoms with Crippen LogP contribution in [0, 0.1) is 0 Å². The van der Waals surface area contributed by atoms with Gasteiger partial charge < -0.3 is 14.8 Å². The second-order valence-corrected chi connectivity index (χ2v) is 5.60. The third-order valence-corrected chi connectivity index (χ3v) is 3.65. The predicted molar refractivity (Wildman–Crippen MR) is 99.7 cm³/mol. The zero-order valence-corrected chi connectivity index (χ0v) is 14.7. The van der Waals surface area contributed by atoms with E-state index in [9.17, 15) is 4.79 Å². The molecular formula is C21H25NO3. The summed E-state index contributed by atoms with van der Waals surface area (Å²) in [5.41, 5.74) is 2.66. The Morgan fingerprint density at radius 3 is 2.60 bits per heavy atom. The minimum atomic E-state index is -0.163. The van der Waals surface area contributed by atoms with Gasteiger partial charge >= 0.3 is 0 Å². The summed E-state index contributed by atoms with van der Waals surface area (Å²) in [5, 5.41) is 2.96. The van der Waals surface area contributed by atoms with E-state index in [2.05, 4.69) is 18.8 Å². The summed E-state index contributed by atoms with van der Waals surface area (Å²) in [7, 11) is 0. The monoisotopic (exact) mass is 339 g/mol. The standard InChI is InChI=1S/C21H25NO3/c1-3-13-24-16-18-10-6-5-9-17(18)15-22-21(23)19-11-7-8-12-20(19)25-14-4-2/h4-12H,2-3,13-16H2,1H3,(H,22,23). The largest absolute Gasteiger partial charge is 0.489 e. The van der Waals surface area contributed by atoms with Crippen LogP contribution in [-0.2, 0) is 17.9 Å². The van der Waals surface area contributed by atoms with Gasteiger partial charge in [-0.2, -0.15) is 0 Å². The highest BCUT2D eigenvalue weighted by Crippen LogP contribution is 2.18. The first-order valence-corrected chi connectivity index (χ1v) is 8.51. The third-order valence-electron chi connectivity index (χ3n) is 3.65. The highest BCUT2D eigenvalue weighted by molar-refractivity contribution is 5.96. The highest BCUT2D eigenvalue weighted by Gasteiger charge is 2.12. The molecule has 0 fully saturated rings. The van der Waals surface area contributed by atoms with Crippen molar-refractivity contribution in [3.05, 3.63) is 77.9 Å². The molecule has 0 spiro atoms. The summed E-state index contributed by atoms with van der Waals surface area (Å²) < 4.78 is 11.2. The number of hydrogen-bond donors (Lipinski definition) is 1. The van der Waals surface area contributed by atoms with Crippen molar-refractivity contribution in [2.45, 2.75) is 26.5 Å². The Morgan fingerprint density at radius 1 is 1.12 bits per heavy atom. The van der Waals surface area contributed by atoms with Gasteiger partial charge in [-0.3, -0.25) is 4.79 Å². The molecule has 0 heterocycles. The van der Waals surface area contributed by atoms with Gasteiger partial charge in [0.1, 0.15) is 12.4 Å². The second kappa shape index (κ2) is 10.3. The SMILES string of the molecule is C=CCOc1ccccc1C(=O)NCc1ccccc1COCCC. The maximum absolute atomic E-state index is 12.5. The van der Waals surface area contributed by atoms with Gasteiger partial charge in [-0.05, 0) is 29.7 Å². The van der Waals surface area contributed by atoms with Gasteiger partial charge in [0.25, 0.3) is 5.91 Å². The van der Waals surface area contributed by atoms with E-state index in [1.54, 1.807) is 18.2 Å². The summed E-state index contributed by atoms with van der Waals surface area (Å²) in [6, 6.07) is 15.2. The van der Waals surface area contributed by atoms with Gasteiger partial charge in [0.15, 0.2) is 0 Å². The van der Waals surface area contributed by atoms with Gasteiger partial charge in [-0.25, -0.2) is 0 Å². The summed E-state index contributed by atoms with van der Waals surface area (Å²) in [4.78, 5) is 12.5. The van der Waals surface area contributed by atoms with Crippen LogP contribution in [-0.4, -0.2) is 19.1 Å². The van der Waals surface area contributed by atoms with Crippen LogP contribution in [0.4, 0.5) is 0 Å². The molecule has 1 N–H and O–H groups in total. The Morgan fingerprint density at radius 2 is 1.84 bits per heavy atom. The molecule has 0 saturated carbocycles. The molecule has 25 heavy (non-hydrogen) atoms. The number of benzene rings is 2. The lowest BCUT2D eigenvalue weighted by Gasteiger charge is -2.13. The fourth-order valence-electron chi connectivity index (χ4n) is 2.40. The molecule has 0 radical (unpaired) electrons. The zero-order chi connectivity index (χ0) is 17.9. The summed E-state index contributed by atoms with van der Waals surface area (Å²) >= 11 is 0. The molecule has 0 aromatic heterocycles. The fourth-order valence-corrected chi connectivity index (χ4v) is 2.40. The summed E-state index contributed by atoms with van der Waals surface area (Å²) in [5.74, 6) is 0.392. The Bertz CT molecular complexity index is 697. The maximum atomic E-state index is 12.5. The average Bonchev–Trinajstić information content (AvgIpc) is 2.65. The van der Waals surface area contributed by atoms with E-state index in [1.807, 2.05) is 36.4 Å². The van der Waals surface area contributed by atoms with Crippen LogP contribution in [0.1, 0.15) is 34.8 Å². The molecule has 132 valence electrons. The molecule has 0 saturated heterocycles. The minimum absolute atomic E-state index is 0.163. The van der Waals surface area contributed by atoms with Gasteiger partial charge in [0, 0.05) is 13.2 Å². The van der Waals surface area contributed by atoms with Gasteiger partial charge in [-0.1, -0.05) is 56.0 Å². The number of carbonyl (C=O) groups is 1. The molecule has 0 atom stereocenters. The average molecular weight is 339 g/mol. The van der Waals surface area contributed by atoms with E-state index in [0.717, 1.165) is 24.2 Å². The smallest absolute Gasteiger partial charge is 0.255 e. The number of nitrogens with one attached hydrogen (secondary N) is 1. The van der Waals surface area contributed by atoms with E-state index in [0.29, 0.717) is 31.1 Å². The van der Waals surface area contributed by atoms with Gasteiger partial charge in [0.2, 0.25) is 0 Å². The van der Waals surface area contributed by atoms with Crippen molar-refractivity contribution in [1.82, 2.24) is 5.32 Å². The molecule has 0 unspecified atom stereocenters. The molecule has 0 aliphatic carbocycles. The van der Waals surface area contributed by atoms with Crippen LogP contribution in [0.15, 0.2) is 61.2 Å². The minimum Gasteiger partial charge on any atom is -0.489 e. The van der Waals surface area contributed by atoms with Crippen LogP contribution in [0.5, 0.6) is 5.75 Å². The lowest BCUT2D eigenvalue weighted by Crippen LogP contribution is -2.24. The number of ether oxygens (including phenoxy) is 2. The summed E-state index contributed by atoms with van der Waals surface area (Å²) in [6.07, 6.45) is 2.64. The molecule has 0 aliphatic heterocycles. The van der Waals surface area contributed by atoms with Crippen molar-refractivity contribution in [3.63, 3.8) is 0 Å².